The van der Waals surface area contributed by atoms with E-state index in [0.29, 0.717) is 18.5 Å². The summed E-state index contributed by atoms with van der Waals surface area (Å²) in [6, 6.07) is 0.929. The van der Waals surface area contributed by atoms with E-state index in [1.165, 1.54) is 0 Å². The molecule has 0 atom stereocenters. The van der Waals surface area contributed by atoms with Crippen LogP contribution in [0, 0.1) is 15.9 Å². The van der Waals surface area contributed by atoms with Crippen LogP contribution in [0.25, 0.3) is 11.3 Å². The van der Waals surface area contributed by atoms with E-state index in [1.807, 2.05) is 0 Å². The molecule has 0 amide bonds. The highest BCUT2D eigenvalue weighted by atomic mass is 35.5. The molecule has 0 saturated heterocycles. The van der Waals surface area contributed by atoms with E-state index in [9.17, 15) is 32.8 Å². The van der Waals surface area contributed by atoms with Gasteiger partial charge in [0.15, 0.2) is 11.4 Å². The lowest BCUT2D eigenvalue weighted by Gasteiger charge is -2.11. The van der Waals surface area contributed by atoms with Crippen molar-refractivity contribution in [2.24, 2.45) is 0 Å². The number of nitrogens with zero attached hydrogens (tertiary/aromatic N) is 3. The number of benzene rings is 1. The number of halogens is 5. The summed E-state index contributed by atoms with van der Waals surface area (Å²) < 4.78 is 51.9. The number of phenolic OH excluding ortho intramolecular Hbond substituents is 1. The van der Waals surface area contributed by atoms with Crippen LogP contribution >= 0.6 is 11.6 Å². The minimum absolute atomic E-state index is 0.388. The van der Waals surface area contributed by atoms with Gasteiger partial charge in [0.25, 0.3) is 0 Å². The van der Waals surface area contributed by atoms with Gasteiger partial charge in [-0.05, 0) is 0 Å². The number of hydrogen-bond donors (Lipinski definition) is 1. The molecule has 22 heavy (non-hydrogen) atoms. The average Bonchev–Trinajstić information content (AvgIpc) is 2.38. The average molecular weight is 338 g/mol. The lowest BCUT2D eigenvalue weighted by molar-refractivity contribution is -0.385. The summed E-state index contributed by atoms with van der Waals surface area (Å²) in [6.45, 7) is 0. The highest BCUT2D eigenvalue weighted by molar-refractivity contribution is 6.33. The Bertz CT molecular complexity index is 767. The number of hydrogen-bond acceptors (Lipinski definition) is 5. The normalized spacial score (nSPS) is 11.5. The highest BCUT2D eigenvalue weighted by Crippen LogP contribution is 2.40. The Hall–Kier alpha value is -2.49. The Morgan fingerprint density at radius 2 is 1.91 bits per heavy atom. The van der Waals surface area contributed by atoms with Crippen molar-refractivity contribution in [3.8, 4) is 17.0 Å². The molecule has 2 rings (SSSR count). The zero-order valence-corrected chi connectivity index (χ0v) is 11.0. The summed E-state index contributed by atoms with van der Waals surface area (Å²) in [5.41, 5.74) is -3.75. The summed E-state index contributed by atoms with van der Waals surface area (Å²) >= 11 is 5.53. The van der Waals surface area contributed by atoms with Crippen LogP contribution in [0.3, 0.4) is 0 Å². The fourth-order valence-corrected chi connectivity index (χ4v) is 1.94. The number of nitro groups is 1. The number of aromatic nitrogens is 2. The summed E-state index contributed by atoms with van der Waals surface area (Å²) in [6.07, 6.45) is -4.41. The maximum absolute atomic E-state index is 13.8. The summed E-state index contributed by atoms with van der Waals surface area (Å²) in [4.78, 5) is 16.1. The van der Waals surface area contributed by atoms with Crippen molar-refractivity contribution in [3.63, 3.8) is 0 Å². The number of phenols is 1. The molecule has 1 aromatic carbocycles. The summed E-state index contributed by atoms with van der Waals surface area (Å²) in [5, 5.41) is 19.0. The first-order valence-electron chi connectivity index (χ1n) is 5.38. The predicted octanol–water partition coefficient (Wildman–Crippen LogP) is 3.57. The molecule has 0 fully saturated rings. The monoisotopic (exact) mass is 337 g/mol. The summed E-state index contributed by atoms with van der Waals surface area (Å²) in [7, 11) is 0. The molecule has 116 valence electrons. The van der Waals surface area contributed by atoms with Crippen molar-refractivity contribution in [1.82, 2.24) is 9.97 Å². The zero-order chi connectivity index (χ0) is 16.7. The minimum Gasteiger partial charge on any atom is -0.502 e. The second kappa shape index (κ2) is 5.37. The van der Waals surface area contributed by atoms with E-state index in [1.54, 1.807) is 0 Å². The van der Waals surface area contributed by atoms with Crippen molar-refractivity contribution in [2.75, 3.05) is 0 Å². The zero-order valence-electron chi connectivity index (χ0n) is 10.2. The van der Waals surface area contributed by atoms with Crippen molar-refractivity contribution in [2.45, 2.75) is 6.18 Å². The topological polar surface area (TPSA) is 89.2 Å². The van der Waals surface area contributed by atoms with Crippen LogP contribution in [0.4, 0.5) is 23.2 Å². The number of alkyl halides is 3. The number of nitro benzene ring substituents is 1. The molecular formula is C11H4ClF4N3O3. The lowest BCUT2D eigenvalue weighted by atomic mass is 10.1. The molecule has 0 saturated carbocycles. The number of aromatic hydroxyl groups is 1. The highest BCUT2D eigenvalue weighted by Gasteiger charge is 2.37. The van der Waals surface area contributed by atoms with Gasteiger partial charge in [0, 0.05) is 17.7 Å². The van der Waals surface area contributed by atoms with Crippen molar-refractivity contribution >= 4 is 17.3 Å². The van der Waals surface area contributed by atoms with Crippen LogP contribution in [-0.4, -0.2) is 20.0 Å². The van der Waals surface area contributed by atoms with Gasteiger partial charge in [-0.3, -0.25) is 10.1 Å². The molecule has 0 unspecified atom stereocenters. The second-order valence-electron chi connectivity index (χ2n) is 3.96. The maximum Gasteiger partial charge on any atom is 0.434 e. The summed E-state index contributed by atoms with van der Waals surface area (Å²) in [5.74, 6) is -2.20. The van der Waals surface area contributed by atoms with E-state index >= 15 is 0 Å². The molecular weight excluding hydrogens is 334 g/mol. The third kappa shape index (κ3) is 2.77. The fourth-order valence-electron chi connectivity index (χ4n) is 1.63. The van der Waals surface area contributed by atoms with Gasteiger partial charge >= 0.3 is 11.9 Å². The third-order valence-corrected chi connectivity index (χ3v) is 2.93. The lowest BCUT2D eigenvalue weighted by Crippen LogP contribution is -2.10. The van der Waals surface area contributed by atoms with Gasteiger partial charge in [-0.2, -0.15) is 13.2 Å². The molecule has 11 heteroatoms. The first-order valence-corrected chi connectivity index (χ1v) is 5.75. The smallest absolute Gasteiger partial charge is 0.434 e. The van der Waals surface area contributed by atoms with Crippen LogP contribution in [0.15, 0.2) is 18.5 Å². The number of rotatable bonds is 2. The largest absolute Gasteiger partial charge is 0.502 e. The quantitative estimate of drug-likeness (QED) is 0.514. The Morgan fingerprint density at radius 1 is 1.27 bits per heavy atom. The van der Waals surface area contributed by atoms with Gasteiger partial charge < -0.3 is 5.11 Å². The van der Waals surface area contributed by atoms with E-state index in [0.717, 1.165) is 0 Å². The van der Waals surface area contributed by atoms with Crippen LogP contribution < -0.4 is 0 Å². The first-order chi connectivity index (χ1) is 10.1. The van der Waals surface area contributed by atoms with E-state index in [4.69, 9.17) is 11.6 Å². The van der Waals surface area contributed by atoms with E-state index in [2.05, 4.69) is 9.97 Å². The van der Waals surface area contributed by atoms with Gasteiger partial charge in [-0.1, -0.05) is 11.6 Å². The third-order valence-electron chi connectivity index (χ3n) is 2.57. The molecule has 0 spiro atoms. The molecule has 0 aliphatic heterocycles. The van der Waals surface area contributed by atoms with E-state index in [-0.39, 0.29) is 0 Å². The Labute approximate surface area is 124 Å². The van der Waals surface area contributed by atoms with Crippen LogP contribution in [0.5, 0.6) is 5.75 Å². The van der Waals surface area contributed by atoms with Gasteiger partial charge in [0.2, 0.25) is 0 Å². The molecule has 1 heterocycles. The van der Waals surface area contributed by atoms with Crippen LogP contribution in [0.1, 0.15) is 5.69 Å². The minimum atomic E-state index is -4.91. The molecule has 1 N–H and O–H groups in total. The molecule has 0 aliphatic carbocycles. The van der Waals surface area contributed by atoms with Crippen molar-refractivity contribution in [3.05, 3.63) is 45.1 Å². The van der Waals surface area contributed by atoms with E-state index < -0.39 is 50.3 Å². The van der Waals surface area contributed by atoms with Crippen molar-refractivity contribution < 1.29 is 27.6 Å². The molecule has 2 aromatic rings. The molecule has 1 aromatic heterocycles. The fraction of sp³-hybridized carbons (Fsp3) is 0.0909. The first kappa shape index (κ1) is 15.9. The Morgan fingerprint density at radius 3 is 2.45 bits per heavy atom. The Kier molecular flexibility index (Phi) is 3.88. The maximum atomic E-state index is 13.8. The SMILES string of the molecule is O=[N+]([O-])c1cc(-c2ncnc(C(F)(F)F)c2Cl)c(F)cc1O. The van der Waals surface area contributed by atoms with Crippen LogP contribution in [0.2, 0.25) is 5.02 Å². The molecule has 0 aliphatic rings. The van der Waals surface area contributed by atoms with Gasteiger partial charge in [0.05, 0.1) is 15.6 Å². The Balaban J connectivity index is 2.73. The second-order valence-corrected chi connectivity index (χ2v) is 4.34. The van der Waals surface area contributed by atoms with Gasteiger partial charge in [0.1, 0.15) is 12.1 Å². The predicted molar refractivity (Wildman–Crippen MR) is 65.8 cm³/mol. The van der Waals surface area contributed by atoms with Gasteiger partial charge in [-0.25, -0.2) is 14.4 Å². The molecule has 0 bridgehead atoms. The standard InChI is InChI=1S/C11H4ClF4N3O3/c12-8-9(17-3-18-10(8)11(14,15)16)4-1-6(19(21)22)7(20)2-5(4)13/h1-3,20H. The molecule has 6 nitrogen and oxygen atoms in total. The van der Waals surface area contributed by atoms with Crippen LogP contribution in [-0.2, 0) is 6.18 Å². The van der Waals surface area contributed by atoms with Gasteiger partial charge in [-0.15, -0.1) is 0 Å². The van der Waals surface area contributed by atoms with Crippen molar-refractivity contribution in [1.29, 1.82) is 0 Å². The molecule has 0 radical (unpaired) electrons.